The van der Waals surface area contributed by atoms with Crippen LogP contribution in [0.25, 0.3) is 0 Å². The lowest BCUT2D eigenvalue weighted by atomic mass is 10.00. The van der Waals surface area contributed by atoms with Crippen molar-refractivity contribution in [2.75, 3.05) is 0 Å². The van der Waals surface area contributed by atoms with E-state index < -0.39 is 0 Å². The topological polar surface area (TPSA) is 17.1 Å². The van der Waals surface area contributed by atoms with Crippen molar-refractivity contribution < 1.29 is 4.79 Å². The van der Waals surface area contributed by atoms with Crippen molar-refractivity contribution in [3.8, 4) is 0 Å². The van der Waals surface area contributed by atoms with E-state index in [2.05, 4.69) is 22.9 Å². The third-order valence-electron chi connectivity index (χ3n) is 2.07. The Morgan fingerprint density at radius 2 is 2.15 bits per heavy atom. The van der Waals surface area contributed by atoms with Crippen molar-refractivity contribution in [3.63, 3.8) is 0 Å². The van der Waals surface area contributed by atoms with Crippen LogP contribution < -0.4 is 0 Å². The summed E-state index contributed by atoms with van der Waals surface area (Å²) in [6.45, 7) is 4.08. The van der Waals surface area contributed by atoms with Gasteiger partial charge in [-0.25, -0.2) is 0 Å². The highest BCUT2D eigenvalue weighted by molar-refractivity contribution is 9.18. The third-order valence-corrected chi connectivity index (χ3v) is 2.47. The number of benzene rings is 1. The molecule has 0 aliphatic heterocycles. The normalized spacial score (nSPS) is 10.1. The Balaban J connectivity index is 3.17. The smallest absolute Gasteiger partial charge is 0.228 e. The zero-order valence-corrected chi connectivity index (χ0v) is 9.52. The largest absolute Gasteiger partial charge is 0.281 e. The molecule has 0 amide bonds. The summed E-state index contributed by atoms with van der Waals surface area (Å²) in [5.74, 6) is 0. The van der Waals surface area contributed by atoms with Crippen LogP contribution in [-0.2, 0) is 6.42 Å². The van der Waals surface area contributed by atoms with E-state index in [0.29, 0.717) is 0 Å². The molecule has 2 heteroatoms. The lowest BCUT2D eigenvalue weighted by Crippen LogP contribution is -1.99. The summed E-state index contributed by atoms with van der Waals surface area (Å²) in [6, 6.07) is 5.98. The van der Waals surface area contributed by atoms with Crippen LogP contribution in [0.4, 0.5) is 0 Å². The Labute approximate surface area is 87.3 Å². The van der Waals surface area contributed by atoms with Crippen LogP contribution in [0.2, 0.25) is 0 Å². The predicted octanol–water partition coefficient (Wildman–Crippen LogP) is 3.48. The van der Waals surface area contributed by atoms with Crippen molar-refractivity contribution in [2.24, 2.45) is 0 Å². The van der Waals surface area contributed by atoms with Crippen molar-refractivity contribution in [1.82, 2.24) is 0 Å². The fourth-order valence-electron chi connectivity index (χ4n) is 1.49. The van der Waals surface area contributed by atoms with Gasteiger partial charge < -0.3 is 0 Å². The number of aryl methyl sites for hydroxylation is 2. The van der Waals surface area contributed by atoms with Crippen LogP contribution >= 0.6 is 15.9 Å². The summed E-state index contributed by atoms with van der Waals surface area (Å²) < 4.78 is -0.00551. The first-order chi connectivity index (χ1) is 6.16. The zero-order valence-electron chi connectivity index (χ0n) is 7.93. The Hall–Kier alpha value is -0.630. The van der Waals surface area contributed by atoms with Crippen molar-refractivity contribution in [2.45, 2.75) is 26.7 Å². The van der Waals surface area contributed by atoms with Gasteiger partial charge in [0.15, 0.2) is 0 Å². The fraction of sp³-hybridized carbons (Fsp3) is 0.364. The molecule has 0 N–H and O–H groups in total. The molecule has 0 aliphatic carbocycles. The minimum atomic E-state index is -0.00551. The maximum Gasteiger partial charge on any atom is 0.228 e. The molecule has 0 fully saturated rings. The summed E-state index contributed by atoms with van der Waals surface area (Å²) in [6.07, 6.45) is 2.03. The van der Waals surface area contributed by atoms with E-state index in [9.17, 15) is 4.79 Å². The Morgan fingerprint density at radius 1 is 1.46 bits per heavy atom. The molecule has 0 saturated heterocycles. The van der Waals surface area contributed by atoms with E-state index in [1.165, 1.54) is 0 Å². The molecule has 1 rings (SSSR count). The van der Waals surface area contributed by atoms with Crippen LogP contribution in [0.3, 0.4) is 0 Å². The van der Waals surface area contributed by atoms with Crippen molar-refractivity contribution >= 4 is 20.6 Å². The van der Waals surface area contributed by atoms with Gasteiger partial charge in [-0.15, -0.1) is 0 Å². The second-order valence-electron chi connectivity index (χ2n) is 3.13. The summed E-state index contributed by atoms with van der Waals surface area (Å²) in [7, 11) is 0. The predicted molar refractivity (Wildman–Crippen MR) is 58.4 cm³/mol. The van der Waals surface area contributed by atoms with E-state index in [0.717, 1.165) is 29.5 Å². The highest BCUT2D eigenvalue weighted by Gasteiger charge is 2.09. The van der Waals surface area contributed by atoms with Crippen LogP contribution in [0.1, 0.15) is 34.8 Å². The van der Waals surface area contributed by atoms with E-state index in [-0.39, 0.29) is 4.69 Å². The number of carbonyl (C=O) groups is 1. The molecule has 1 aromatic rings. The van der Waals surface area contributed by atoms with E-state index in [4.69, 9.17) is 0 Å². The number of hydrogen-bond donors (Lipinski definition) is 0. The summed E-state index contributed by atoms with van der Waals surface area (Å²) in [4.78, 5) is 11.3. The molecule has 0 saturated carbocycles. The second-order valence-corrected chi connectivity index (χ2v) is 3.85. The van der Waals surface area contributed by atoms with Gasteiger partial charge in [-0.2, -0.15) is 0 Å². The van der Waals surface area contributed by atoms with Gasteiger partial charge in [0.25, 0.3) is 0 Å². The number of carbonyl (C=O) groups excluding carboxylic acids is 1. The van der Waals surface area contributed by atoms with E-state index in [1.54, 1.807) is 0 Å². The molecule has 0 heterocycles. The molecule has 0 radical (unpaired) electrons. The Bertz CT molecular complexity index is 318. The minimum absolute atomic E-state index is 0.00551. The quantitative estimate of drug-likeness (QED) is 0.740. The van der Waals surface area contributed by atoms with Crippen LogP contribution in [0.15, 0.2) is 18.2 Å². The zero-order chi connectivity index (χ0) is 9.84. The third kappa shape index (κ3) is 2.41. The van der Waals surface area contributed by atoms with Gasteiger partial charge >= 0.3 is 0 Å². The number of hydrogen-bond acceptors (Lipinski definition) is 1. The highest BCUT2D eigenvalue weighted by Crippen LogP contribution is 2.18. The van der Waals surface area contributed by atoms with Gasteiger partial charge in [-0.1, -0.05) is 31.5 Å². The minimum Gasteiger partial charge on any atom is -0.281 e. The van der Waals surface area contributed by atoms with Gasteiger partial charge in [0.1, 0.15) is 0 Å². The van der Waals surface area contributed by atoms with E-state index >= 15 is 0 Å². The first kappa shape index (κ1) is 10.5. The summed E-state index contributed by atoms with van der Waals surface area (Å²) >= 11 is 3.02. The second kappa shape index (κ2) is 4.56. The number of rotatable bonds is 3. The molecule has 0 spiro atoms. The highest BCUT2D eigenvalue weighted by atomic mass is 79.9. The van der Waals surface area contributed by atoms with Gasteiger partial charge in [-0.05, 0) is 40.4 Å². The first-order valence-electron chi connectivity index (χ1n) is 4.45. The molecule has 0 aromatic heterocycles. The molecule has 70 valence electrons. The fourth-order valence-corrected chi connectivity index (χ4v) is 2.05. The molecular formula is C11H13BrO. The number of halogens is 1. The maximum absolute atomic E-state index is 11.3. The van der Waals surface area contributed by atoms with E-state index in [1.807, 2.05) is 25.1 Å². The van der Waals surface area contributed by atoms with Gasteiger partial charge in [0, 0.05) is 5.56 Å². The standard InChI is InChI=1S/C11H13BrO/c1-3-5-9-7-4-6-8(2)10(9)11(12)13/h4,6-7H,3,5H2,1-2H3. The lowest BCUT2D eigenvalue weighted by molar-refractivity contribution is 0.109. The molecular weight excluding hydrogens is 228 g/mol. The Morgan fingerprint density at radius 3 is 2.69 bits per heavy atom. The molecule has 0 bridgehead atoms. The Kier molecular flexibility index (Phi) is 3.67. The van der Waals surface area contributed by atoms with Gasteiger partial charge in [0.2, 0.25) is 4.69 Å². The summed E-state index contributed by atoms with van der Waals surface area (Å²) in [5, 5.41) is 0. The van der Waals surface area contributed by atoms with Crippen molar-refractivity contribution in [3.05, 3.63) is 34.9 Å². The lowest BCUT2D eigenvalue weighted by Gasteiger charge is -2.07. The first-order valence-corrected chi connectivity index (χ1v) is 5.24. The molecule has 0 atom stereocenters. The average Bonchev–Trinajstić information content (AvgIpc) is 2.04. The average molecular weight is 241 g/mol. The molecule has 1 nitrogen and oxygen atoms in total. The van der Waals surface area contributed by atoms with Gasteiger partial charge in [-0.3, -0.25) is 4.79 Å². The van der Waals surface area contributed by atoms with Crippen LogP contribution in [0.5, 0.6) is 0 Å². The van der Waals surface area contributed by atoms with Crippen LogP contribution in [0, 0.1) is 6.92 Å². The SMILES string of the molecule is CCCc1cccc(C)c1C(=O)Br. The molecule has 0 aliphatic rings. The van der Waals surface area contributed by atoms with Crippen LogP contribution in [-0.4, -0.2) is 4.69 Å². The summed E-state index contributed by atoms with van der Waals surface area (Å²) in [5.41, 5.74) is 3.03. The van der Waals surface area contributed by atoms with Crippen molar-refractivity contribution in [1.29, 1.82) is 0 Å². The molecule has 0 unspecified atom stereocenters. The molecule has 1 aromatic carbocycles. The van der Waals surface area contributed by atoms with Gasteiger partial charge in [0.05, 0.1) is 0 Å². The monoisotopic (exact) mass is 240 g/mol. The molecule has 13 heavy (non-hydrogen) atoms. The maximum atomic E-state index is 11.3.